The van der Waals surface area contributed by atoms with Crippen molar-refractivity contribution >= 4 is 23.4 Å². The fourth-order valence-corrected chi connectivity index (χ4v) is 3.41. The van der Waals surface area contributed by atoms with Gasteiger partial charge in [0.25, 0.3) is 5.91 Å². The number of amides is 1. The zero-order valence-corrected chi connectivity index (χ0v) is 12.8. The molecule has 0 aliphatic carbocycles. The van der Waals surface area contributed by atoms with Gasteiger partial charge in [0.1, 0.15) is 0 Å². The molecule has 0 aromatic carbocycles. The van der Waals surface area contributed by atoms with Crippen molar-refractivity contribution < 1.29 is 4.79 Å². The van der Waals surface area contributed by atoms with Crippen molar-refractivity contribution in [1.82, 2.24) is 9.88 Å². The molecule has 2 rings (SSSR count). The second-order valence-electron chi connectivity index (χ2n) is 5.46. The van der Waals surface area contributed by atoms with Crippen molar-refractivity contribution in [3.63, 3.8) is 0 Å². The van der Waals surface area contributed by atoms with Gasteiger partial charge >= 0.3 is 0 Å². The van der Waals surface area contributed by atoms with E-state index in [1.807, 2.05) is 36.7 Å². The van der Waals surface area contributed by atoms with E-state index >= 15 is 0 Å². The van der Waals surface area contributed by atoms with Crippen LogP contribution in [-0.2, 0) is 0 Å². The molecule has 2 heterocycles. The maximum Gasteiger partial charge on any atom is 0.257 e. The van der Waals surface area contributed by atoms with E-state index in [-0.39, 0.29) is 10.7 Å². The number of carbonyl (C=O) groups excluding carboxylic acids is 1. The Hall–Kier alpha value is -1.23. The Balaban J connectivity index is 2.24. The molecule has 5 heteroatoms. The third-order valence-electron chi connectivity index (χ3n) is 3.25. The van der Waals surface area contributed by atoms with Crippen molar-refractivity contribution in [1.29, 1.82) is 0 Å². The van der Waals surface area contributed by atoms with Crippen LogP contribution in [0.2, 0.25) is 0 Å². The summed E-state index contributed by atoms with van der Waals surface area (Å²) in [7, 11) is 1.83. The van der Waals surface area contributed by atoms with Gasteiger partial charge in [-0.3, -0.25) is 9.78 Å². The molecule has 1 aromatic rings. The Morgan fingerprint density at radius 1 is 1.53 bits per heavy atom. The minimum atomic E-state index is 0.0743. The zero-order valence-electron chi connectivity index (χ0n) is 12.0. The molecule has 1 fully saturated rings. The lowest BCUT2D eigenvalue weighted by Crippen LogP contribution is -2.46. The maximum absolute atomic E-state index is 12.6. The quantitative estimate of drug-likeness (QED) is 0.903. The van der Waals surface area contributed by atoms with Crippen LogP contribution in [0, 0.1) is 6.92 Å². The molecule has 0 atom stereocenters. The number of aryl methyl sites for hydroxylation is 1. The van der Waals surface area contributed by atoms with Crippen LogP contribution in [0.5, 0.6) is 0 Å². The molecule has 0 spiro atoms. The number of hydrogen-bond acceptors (Lipinski definition) is 4. The van der Waals surface area contributed by atoms with E-state index in [1.54, 1.807) is 6.20 Å². The smallest absolute Gasteiger partial charge is 0.257 e. The average molecular weight is 279 g/mol. The van der Waals surface area contributed by atoms with E-state index in [1.165, 1.54) is 0 Å². The normalized spacial score (nSPS) is 18.2. The van der Waals surface area contributed by atoms with Crippen LogP contribution in [0.4, 0.5) is 5.69 Å². The van der Waals surface area contributed by atoms with Crippen LogP contribution in [0.1, 0.15) is 29.9 Å². The number of rotatable bonds is 2. The highest BCUT2D eigenvalue weighted by atomic mass is 32.2. The summed E-state index contributed by atoms with van der Waals surface area (Å²) in [6, 6.07) is 1.91. The lowest BCUT2D eigenvalue weighted by Gasteiger charge is -2.37. The molecule has 1 aliphatic rings. The maximum atomic E-state index is 12.6. The zero-order chi connectivity index (χ0) is 14.0. The number of aromatic nitrogens is 1. The summed E-state index contributed by atoms with van der Waals surface area (Å²) < 4.78 is 0.131. The predicted molar refractivity (Wildman–Crippen MR) is 81.0 cm³/mol. The van der Waals surface area contributed by atoms with Crippen molar-refractivity contribution in [2.75, 3.05) is 31.2 Å². The Morgan fingerprint density at radius 3 is 2.89 bits per heavy atom. The van der Waals surface area contributed by atoms with Gasteiger partial charge in [0.15, 0.2) is 0 Å². The first-order chi connectivity index (χ1) is 8.93. The average Bonchev–Trinajstić information content (AvgIpc) is 2.36. The highest BCUT2D eigenvalue weighted by molar-refractivity contribution is 8.00. The van der Waals surface area contributed by atoms with Crippen LogP contribution in [-0.4, -0.2) is 46.4 Å². The molecule has 0 unspecified atom stereocenters. The molecule has 104 valence electrons. The highest BCUT2D eigenvalue weighted by Crippen LogP contribution is 2.30. The summed E-state index contributed by atoms with van der Waals surface area (Å²) >= 11 is 1.92. The molecule has 1 amide bonds. The Labute approximate surface area is 119 Å². The molecule has 0 radical (unpaired) electrons. The van der Waals surface area contributed by atoms with E-state index in [0.29, 0.717) is 5.56 Å². The van der Waals surface area contributed by atoms with Crippen LogP contribution < -0.4 is 5.32 Å². The summed E-state index contributed by atoms with van der Waals surface area (Å²) in [5, 5.41) is 3.08. The fourth-order valence-electron chi connectivity index (χ4n) is 2.30. The number of nitrogens with one attached hydrogen (secondary N) is 1. The first kappa shape index (κ1) is 14.2. The fraction of sp³-hybridized carbons (Fsp3) is 0.571. The Kier molecular flexibility index (Phi) is 4.04. The lowest BCUT2D eigenvalue weighted by molar-refractivity contribution is 0.0748. The summed E-state index contributed by atoms with van der Waals surface area (Å²) in [5.41, 5.74) is 2.43. The third-order valence-corrected chi connectivity index (χ3v) is 4.55. The first-order valence-electron chi connectivity index (χ1n) is 6.50. The van der Waals surface area contributed by atoms with Crippen LogP contribution in [0.15, 0.2) is 12.3 Å². The van der Waals surface area contributed by atoms with Gasteiger partial charge in [-0.15, -0.1) is 0 Å². The molecule has 1 saturated heterocycles. The molecule has 19 heavy (non-hydrogen) atoms. The number of pyridine rings is 1. The minimum Gasteiger partial charge on any atom is -0.387 e. The monoisotopic (exact) mass is 279 g/mol. The van der Waals surface area contributed by atoms with Gasteiger partial charge in [-0.2, -0.15) is 11.8 Å². The molecular formula is C14H21N3OS. The third kappa shape index (κ3) is 3.21. The van der Waals surface area contributed by atoms with Crippen molar-refractivity contribution in [2.24, 2.45) is 0 Å². The summed E-state index contributed by atoms with van der Waals surface area (Å²) in [5.74, 6) is 1.07. The van der Waals surface area contributed by atoms with Gasteiger partial charge in [0, 0.05) is 42.5 Å². The van der Waals surface area contributed by atoms with E-state index in [4.69, 9.17) is 0 Å². The first-order valence-corrected chi connectivity index (χ1v) is 7.49. The SMILES string of the molecule is CNc1cc(C)ncc1C(=O)N1CCSC(C)(C)C1. The van der Waals surface area contributed by atoms with Crippen LogP contribution >= 0.6 is 11.8 Å². The van der Waals surface area contributed by atoms with Gasteiger partial charge in [0.05, 0.1) is 11.3 Å². The number of anilines is 1. The van der Waals surface area contributed by atoms with Crippen molar-refractivity contribution in [2.45, 2.75) is 25.5 Å². The summed E-state index contributed by atoms with van der Waals surface area (Å²) in [6.45, 7) is 7.89. The number of carbonyl (C=O) groups is 1. The van der Waals surface area contributed by atoms with E-state index in [0.717, 1.165) is 30.2 Å². The van der Waals surface area contributed by atoms with E-state index in [9.17, 15) is 4.79 Å². The van der Waals surface area contributed by atoms with E-state index in [2.05, 4.69) is 24.1 Å². The second-order valence-corrected chi connectivity index (χ2v) is 7.26. The number of thioether (sulfide) groups is 1. The van der Waals surface area contributed by atoms with Crippen LogP contribution in [0.3, 0.4) is 0 Å². The molecule has 0 bridgehead atoms. The lowest BCUT2D eigenvalue weighted by atomic mass is 10.1. The standard InChI is InChI=1S/C14H21N3OS/c1-10-7-12(15-4)11(8-16-10)13(18)17-5-6-19-14(2,3)9-17/h7-8H,5-6,9H2,1-4H3,(H,15,16). The van der Waals surface area contributed by atoms with Crippen molar-refractivity contribution in [3.8, 4) is 0 Å². The number of hydrogen-bond donors (Lipinski definition) is 1. The number of nitrogens with zero attached hydrogens (tertiary/aromatic N) is 2. The molecule has 1 aromatic heterocycles. The van der Waals surface area contributed by atoms with Crippen molar-refractivity contribution in [3.05, 3.63) is 23.5 Å². The largest absolute Gasteiger partial charge is 0.387 e. The van der Waals surface area contributed by atoms with Gasteiger partial charge < -0.3 is 10.2 Å². The molecule has 0 saturated carbocycles. The topological polar surface area (TPSA) is 45.2 Å². The minimum absolute atomic E-state index is 0.0743. The van der Waals surface area contributed by atoms with Gasteiger partial charge in [-0.1, -0.05) is 0 Å². The molecule has 1 N–H and O–H groups in total. The molecule has 4 nitrogen and oxygen atoms in total. The summed E-state index contributed by atoms with van der Waals surface area (Å²) in [4.78, 5) is 18.8. The van der Waals surface area contributed by atoms with Gasteiger partial charge in [0.2, 0.25) is 0 Å². The predicted octanol–water partition coefficient (Wildman–Crippen LogP) is 2.40. The van der Waals surface area contributed by atoms with Gasteiger partial charge in [-0.05, 0) is 26.8 Å². The Morgan fingerprint density at radius 2 is 2.26 bits per heavy atom. The van der Waals surface area contributed by atoms with Crippen LogP contribution in [0.25, 0.3) is 0 Å². The van der Waals surface area contributed by atoms with Gasteiger partial charge in [-0.25, -0.2) is 0 Å². The van der Waals surface area contributed by atoms with E-state index < -0.39 is 0 Å². The Bertz CT molecular complexity index is 488. The summed E-state index contributed by atoms with van der Waals surface area (Å²) in [6.07, 6.45) is 1.68. The second kappa shape index (κ2) is 5.41. The highest BCUT2D eigenvalue weighted by Gasteiger charge is 2.31. The molecular weight excluding hydrogens is 258 g/mol. The molecule has 1 aliphatic heterocycles.